The molecular weight excluding hydrogens is 467 g/mol. The highest BCUT2D eigenvalue weighted by Gasteiger charge is 2.25. The molecule has 0 saturated carbocycles. The van der Waals surface area contributed by atoms with Crippen molar-refractivity contribution in [2.24, 2.45) is 5.92 Å². The highest BCUT2D eigenvalue weighted by atomic mass is 35.5. The first-order chi connectivity index (χ1) is 15.3. The third-order valence-corrected chi connectivity index (χ3v) is 6.64. The van der Waals surface area contributed by atoms with Gasteiger partial charge in [0, 0.05) is 39.1 Å². The summed E-state index contributed by atoms with van der Waals surface area (Å²) < 4.78 is 6.03. The second kappa shape index (κ2) is 11.1. The monoisotopic (exact) mass is 492 g/mol. The van der Waals surface area contributed by atoms with E-state index in [9.17, 15) is 9.90 Å². The predicted molar refractivity (Wildman–Crippen MR) is 129 cm³/mol. The summed E-state index contributed by atoms with van der Waals surface area (Å²) >= 11 is 13.7. The Bertz CT molecular complexity index is 1050. The normalized spacial score (nSPS) is 12.1. The van der Waals surface area contributed by atoms with Gasteiger partial charge in [-0.05, 0) is 55.3 Å². The average molecular weight is 493 g/mol. The van der Waals surface area contributed by atoms with Crippen molar-refractivity contribution in [2.45, 2.75) is 46.6 Å². The maximum atomic E-state index is 13.4. The summed E-state index contributed by atoms with van der Waals surface area (Å²) in [6.07, 6.45) is 0. The summed E-state index contributed by atoms with van der Waals surface area (Å²) in [7, 11) is 0. The second-order valence-corrected chi connectivity index (χ2v) is 9.67. The topological polar surface area (TPSA) is 62.7 Å². The van der Waals surface area contributed by atoms with Crippen LogP contribution in [0.4, 0.5) is 0 Å². The van der Waals surface area contributed by atoms with Crippen LogP contribution in [0.3, 0.4) is 0 Å². The molecule has 2 aromatic carbocycles. The van der Waals surface area contributed by atoms with Crippen molar-refractivity contribution < 1.29 is 14.6 Å². The van der Waals surface area contributed by atoms with Crippen LogP contribution < -0.4 is 4.74 Å². The number of rotatable bonds is 9. The Balaban J connectivity index is 1.86. The molecule has 0 aliphatic heterocycles. The zero-order chi connectivity index (χ0) is 23.3. The highest BCUT2D eigenvalue weighted by Crippen LogP contribution is 2.28. The number of carbonyl (C=O) groups is 1. The molecule has 1 atom stereocenters. The SMILES string of the molecule is CC(C)C(C)N(Cc1cc(Cl)ccc1OCc1nc(CO)cs1)C(=O)c1ccc(Cl)cc1. The molecule has 0 spiro atoms. The van der Waals surface area contributed by atoms with Crippen LogP contribution in [0, 0.1) is 5.92 Å². The van der Waals surface area contributed by atoms with Crippen LogP contribution in [0.15, 0.2) is 47.8 Å². The number of benzene rings is 2. The second-order valence-electron chi connectivity index (χ2n) is 7.86. The first kappa shape index (κ1) is 24.5. The smallest absolute Gasteiger partial charge is 0.254 e. The van der Waals surface area contributed by atoms with Gasteiger partial charge in [0.25, 0.3) is 5.91 Å². The van der Waals surface area contributed by atoms with Crippen molar-refractivity contribution >= 4 is 40.4 Å². The first-order valence-electron chi connectivity index (χ1n) is 10.3. The Morgan fingerprint density at radius 3 is 2.44 bits per heavy atom. The van der Waals surface area contributed by atoms with E-state index in [2.05, 4.69) is 18.8 Å². The van der Waals surface area contributed by atoms with Crippen LogP contribution in [0.25, 0.3) is 0 Å². The number of hydrogen-bond donors (Lipinski definition) is 1. The van der Waals surface area contributed by atoms with Crippen LogP contribution in [0.1, 0.15) is 47.4 Å². The van der Waals surface area contributed by atoms with E-state index in [1.54, 1.807) is 35.7 Å². The highest BCUT2D eigenvalue weighted by molar-refractivity contribution is 7.09. The fourth-order valence-electron chi connectivity index (χ4n) is 3.14. The molecule has 8 heteroatoms. The lowest BCUT2D eigenvalue weighted by atomic mass is 10.0. The molecule has 0 radical (unpaired) electrons. The molecule has 0 saturated heterocycles. The molecule has 5 nitrogen and oxygen atoms in total. The minimum Gasteiger partial charge on any atom is -0.486 e. The lowest BCUT2D eigenvalue weighted by Gasteiger charge is -2.32. The molecule has 3 rings (SSSR count). The number of thiazole rings is 1. The summed E-state index contributed by atoms with van der Waals surface area (Å²) in [4.78, 5) is 19.5. The van der Waals surface area contributed by atoms with Crippen LogP contribution in [-0.4, -0.2) is 26.9 Å². The van der Waals surface area contributed by atoms with Gasteiger partial charge < -0.3 is 14.7 Å². The summed E-state index contributed by atoms with van der Waals surface area (Å²) in [5, 5.41) is 12.9. The Hall–Kier alpha value is -2.12. The van der Waals surface area contributed by atoms with Crippen molar-refractivity contribution in [3.8, 4) is 5.75 Å². The number of halogens is 2. The minimum absolute atomic E-state index is 0.0175. The van der Waals surface area contributed by atoms with Gasteiger partial charge in [0.1, 0.15) is 17.4 Å². The molecular formula is C24H26Cl2N2O3S. The largest absolute Gasteiger partial charge is 0.486 e. The molecule has 0 bridgehead atoms. The van der Waals surface area contributed by atoms with E-state index in [0.717, 1.165) is 10.6 Å². The number of nitrogens with zero attached hydrogens (tertiary/aromatic N) is 2. The number of ether oxygens (including phenoxy) is 1. The molecule has 32 heavy (non-hydrogen) atoms. The van der Waals surface area contributed by atoms with Crippen molar-refractivity contribution in [3.05, 3.63) is 79.7 Å². The van der Waals surface area contributed by atoms with Crippen molar-refractivity contribution in [1.29, 1.82) is 0 Å². The van der Waals surface area contributed by atoms with E-state index >= 15 is 0 Å². The fourth-order valence-corrected chi connectivity index (χ4v) is 4.16. The van der Waals surface area contributed by atoms with Gasteiger partial charge in [-0.1, -0.05) is 37.0 Å². The van der Waals surface area contributed by atoms with E-state index in [1.165, 1.54) is 11.3 Å². The average Bonchev–Trinajstić information content (AvgIpc) is 3.24. The van der Waals surface area contributed by atoms with Gasteiger partial charge in [-0.15, -0.1) is 11.3 Å². The Kier molecular flexibility index (Phi) is 8.54. The lowest BCUT2D eigenvalue weighted by molar-refractivity contribution is 0.0625. The van der Waals surface area contributed by atoms with Crippen LogP contribution in [-0.2, 0) is 19.8 Å². The standard InChI is InChI=1S/C24H26Cl2N2O3S/c1-15(2)16(3)28(24(30)17-4-6-19(25)7-5-17)11-18-10-20(26)8-9-22(18)31-13-23-27-21(12-29)14-32-23/h4-10,14-16,29H,11-13H2,1-3H3. The summed E-state index contributed by atoms with van der Waals surface area (Å²) in [6, 6.07) is 12.3. The maximum Gasteiger partial charge on any atom is 0.254 e. The van der Waals surface area contributed by atoms with Crippen molar-refractivity contribution in [3.63, 3.8) is 0 Å². The molecule has 1 aromatic heterocycles. The number of aliphatic hydroxyl groups is 1. The van der Waals surface area contributed by atoms with Crippen LogP contribution >= 0.6 is 34.5 Å². The predicted octanol–water partition coefficient (Wildman–Crippen LogP) is 6.21. The number of amides is 1. The fraction of sp³-hybridized carbons (Fsp3) is 0.333. The van der Waals surface area contributed by atoms with E-state index < -0.39 is 0 Å². The van der Waals surface area contributed by atoms with Crippen molar-refractivity contribution in [2.75, 3.05) is 0 Å². The Morgan fingerprint density at radius 1 is 1.12 bits per heavy atom. The van der Waals surface area contributed by atoms with E-state index in [1.807, 2.05) is 24.0 Å². The summed E-state index contributed by atoms with van der Waals surface area (Å²) in [5.74, 6) is 0.809. The van der Waals surface area contributed by atoms with Gasteiger partial charge in [-0.3, -0.25) is 4.79 Å². The molecule has 170 valence electrons. The Labute approximate surface area is 202 Å². The van der Waals surface area contributed by atoms with E-state index in [0.29, 0.717) is 33.6 Å². The third-order valence-electron chi connectivity index (χ3n) is 5.28. The molecule has 1 heterocycles. The van der Waals surface area contributed by atoms with Gasteiger partial charge in [0.05, 0.1) is 12.3 Å². The van der Waals surface area contributed by atoms with Gasteiger partial charge >= 0.3 is 0 Å². The third kappa shape index (κ3) is 6.23. The molecule has 0 aliphatic carbocycles. The van der Waals surface area contributed by atoms with E-state index in [4.69, 9.17) is 27.9 Å². The molecule has 1 amide bonds. The number of aliphatic hydroxyl groups excluding tert-OH is 1. The quantitative estimate of drug-likeness (QED) is 0.385. The summed E-state index contributed by atoms with van der Waals surface area (Å²) in [6.45, 7) is 6.72. The minimum atomic E-state index is -0.0996. The zero-order valence-corrected chi connectivity index (χ0v) is 20.5. The number of hydrogen-bond acceptors (Lipinski definition) is 5. The van der Waals surface area contributed by atoms with Gasteiger partial charge in [-0.25, -0.2) is 4.98 Å². The van der Waals surface area contributed by atoms with E-state index in [-0.39, 0.29) is 31.1 Å². The lowest BCUT2D eigenvalue weighted by Crippen LogP contribution is -2.41. The Morgan fingerprint density at radius 2 is 1.81 bits per heavy atom. The van der Waals surface area contributed by atoms with Gasteiger partial charge in [-0.2, -0.15) is 0 Å². The molecule has 3 aromatic rings. The first-order valence-corrected chi connectivity index (χ1v) is 11.9. The molecule has 1 unspecified atom stereocenters. The van der Waals surface area contributed by atoms with Crippen molar-refractivity contribution in [1.82, 2.24) is 9.88 Å². The zero-order valence-electron chi connectivity index (χ0n) is 18.2. The van der Waals surface area contributed by atoms with Crippen LogP contribution in [0.2, 0.25) is 10.0 Å². The molecule has 0 aliphatic rings. The van der Waals surface area contributed by atoms with Crippen LogP contribution in [0.5, 0.6) is 5.75 Å². The number of aromatic nitrogens is 1. The van der Waals surface area contributed by atoms with Gasteiger partial charge in [0.2, 0.25) is 0 Å². The molecule has 0 fully saturated rings. The molecule has 1 N–H and O–H groups in total. The maximum absolute atomic E-state index is 13.4. The summed E-state index contributed by atoms with van der Waals surface area (Å²) in [5.41, 5.74) is 2.01. The van der Waals surface area contributed by atoms with Gasteiger partial charge in [0.15, 0.2) is 0 Å². The number of carbonyl (C=O) groups excluding carboxylic acids is 1.